The number of rotatable bonds is 5. The first-order valence-corrected chi connectivity index (χ1v) is 7.03. The van der Waals surface area contributed by atoms with Crippen molar-refractivity contribution in [1.29, 1.82) is 0 Å². The fourth-order valence-electron chi connectivity index (χ4n) is 2.68. The molecule has 0 aliphatic carbocycles. The number of aromatic nitrogens is 4. The lowest BCUT2D eigenvalue weighted by Crippen LogP contribution is -2.40. The minimum absolute atomic E-state index is 0.123. The topological polar surface area (TPSA) is 73.7 Å². The van der Waals surface area contributed by atoms with Crippen molar-refractivity contribution in [2.45, 2.75) is 25.9 Å². The molecular formula is C15H20N6. The molecule has 1 aromatic carbocycles. The number of imidazole rings is 1. The van der Waals surface area contributed by atoms with Crippen LogP contribution < -0.4 is 11.3 Å². The smallest absolute Gasteiger partial charge is 0.0958 e. The van der Waals surface area contributed by atoms with E-state index in [9.17, 15) is 0 Å². The third-order valence-electron chi connectivity index (χ3n) is 3.73. The second-order valence-corrected chi connectivity index (χ2v) is 5.35. The summed E-state index contributed by atoms with van der Waals surface area (Å²) in [5, 5.41) is 4.37. The molecular weight excluding hydrogens is 264 g/mol. The Hall–Kier alpha value is -2.18. The third-order valence-corrected chi connectivity index (χ3v) is 3.73. The highest BCUT2D eigenvalue weighted by Crippen LogP contribution is 2.13. The van der Waals surface area contributed by atoms with Gasteiger partial charge in [0.15, 0.2) is 0 Å². The van der Waals surface area contributed by atoms with Crippen molar-refractivity contribution >= 4 is 11.0 Å². The van der Waals surface area contributed by atoms with Gasteiger partial charge in [-0.15, -0.1) is 0 Å². The highest BCUT2D eigenvalue weighted by atomic mass is 15.3. The number of nitrogens with one attached hydrogen (secondary N) is 1. The number of nitrogens with zero attached hydrogens (tertiary/aromatic N) is 4. The Bertz CT molecular complexity index is 742. The summed E-state index contributed by atoms with van der Waals surface area (Å²) in [5.41, 5.74) is 7.22. The predicted octanol–water partition coefficient (Wildman–Crippen LogP) is 1.15. The maximum atomic E-state index is 5.72. The summed E-state index contributed by atoms with van der Waals surface area (Å²) in [4.78, 5) is 4.41. The second-order valence-electron chi connectivity index (χ2n) is 5.35. The number of benzene rings is 1. The number of fused-ring (bicyclic) bond motifs is 1. The minimum Gasteiger partial charge on any atom is -0.329 e. The van der Waals surface area contributed by atoms with Crippen LogP contribution in [0.5, 0.6) is 0 Å². The second kappa shape index (κ2) is 5.67. The molecule has 3 rings (SSSR count). The van der Waals surface area contributed by atoms with E-state index in [0.717, 1.165) is 29.7 Å². The summed E-state index contributed by atoms with van der Waals surface area (Å²) in [6.45, 7) is 2.76. The summed E-state index contributed by atoms with van der Waals surface area (Å²) >= 11 is 0. The first-order chi connectivity index (χ1) is 10.2. The molecule has 2 aromatic heterocycles. The molecule has 0 radical (unpaired) electrons. The van der Waals surface area contributed by atoms with Gasteiger partial charge in [0, 0.05) is 31.7 Å². The van der Waals surface area contributed by atoms with E-state index in [-0.39, 0.29) is 6.04 Å². The molecule has 0 spiro atoms. The molecule has 3 aromatic rings. The SMILES string of the molecule is Cc1cc(CC(Cn2cnc3ccccc32)NN)n(C)n1. The molecule has 0 saturated carbocycles. The minimum atomic E-state index is 0.123. The number of hydrogen-bond donors (Lipinski definition) is 2. The fraction of sp³-hybridized carbons (Fsp3) is 0.333. The van der Waals surface area contributed by atoms with E-state index >= 15 is 0 Å². The quantitative estimate of drug-likeness (QED) is 0.544. The lowest BCUT2D eigenvalue weighted by atomic mass is 10.1. The van der Waals surface area contributed by atoms with Crippen molar-refractivity contribution in [2.75, 3.05) is 0 Å². The van der Waals surface area contributed by atoms with Gasteiger partial charge in [0.05, 0.1) is 23.1 Å². The Morgan fingerprint density at radius 2 is 2.14 bits per heavy atom. The highest BCUT2D eigenvalue weighted by molar-refractivity contribution is 5.74. The fourth-order valence-corrected chi connectivity index (χ4v) is 2.68. The van der Waals surface area contributed by atoms with Gasteiger partial charge in [-0.2, -0.15) is 5.10 Å². The van der Waals surface area contributed by atoms with Crippen molar-refractivity contribution in [3.63, 3.8) is 0 Å². The molecule has 6 heteroatoms. The van der Waals surface area contributed by atoms with E-state index in [1.807, 2.05) is 43.2 Å². The number of aryl methyl sites for hydroxylation is 2. The van der Waals surface area contributed by atoms with E-state index in [2.05, 4.69) is 32.2 Å². The molecule has 6 nitrogen and oxygen atoms in total. The van der Waals surface area contributed by atoms with Crippen LogP contribution in [-0.2, 0) is 20.0 Å². The summed E-state index contributed by atoms with van der Waals surface area (Å²) < 4.78 is 4.04. The van der Waals surface area contributed by atoms with Crippen molar-refractivity contribution in [1.82, 2.24) is 24.8 Å². The Morgan fingerprint density at radius 3 is 2.86 bits per heavy atom. The van der Waals surface area contributed by atoms with Gasteiger partial charge in [-0.3, -0.25) is 16.0 Å². The number of hydrogen-bond acceptors (Lipinski definition) is 4. The molecule has 0 bridgehead atoms. The lowest BCUT2D eigenvalue weighted by molar-refractivity contribution is 0.450. The van der Waals surface area contributed by atoms with Crippen molar-refractivity contribution in [3.05, 3.63) is 48.0 Å². The van der Waals surface area contributed by atoms with E-state index in [1.54, 1.807) is 0 Å². The van der Waals surface area contributed by atoms with Gasteiger partial charge in [-0.1, -0.05) is 12.1 Å². The van der Waals surface area contributed by atoms with E-state index < -0.39 is 0 Å². The molecule has 0 saturated heterocycles. The maximum absolute atomic E-state index is 5.72. The Morgan fingerprint density at radius 1 is 1.33 bits per heavy atom. The first kappa shape index (κ1) is 13.8. The normalized spacial score (nSPS) is 12.9. The number of hydrazine groups is 1. The zero-order valence-electron chi connectivity index (χ0n) is 12.3. The lowest BCUT2D eigenvalue weighted by Gasteiger charge is -2.17. The predicted molar refractivity (Wildman–Crippen MR) is 82.5 cm³/mol. The largest absolute Gasteiger partial charge is 0.329 e. The van der Waals surface area contributed by atoms with Crippen LogP contribution in [-0.4, -0.2) is 25.4 Å². The first-order valence-electron chi connectivity index (χ1n) is 7.03. The van der Waals surface area contributed by atoms with Crippen LogP contribution in [0.15, 0.2) is 36.7 Å². The van der Waals surface area contributed by atoms with Gasteiger partial charge in [-0.05, 0) is 25.1 Å². The van der Waals surface area contributed by atoms with Crippen LogP contribution in [0.4, 0.5) is 0 Å². The zero-order valence-corrected chi connectivity index (χ0v) is 12.3. The molecule has 2 heterocycles. The van der Waals surface area contributed by atoms with Gasteiger partial charge in [0.25, 0.3) is 0 Å². The molecule has 3 N–H and O–H groups in total. The Kier molecular flexibility index (Phi) is 3.72. The molecule has 0 fully saturated rings. The third kappa shape index (κ3) is 2.81. The Labute approximate surface area is 123 Å². The molecule has 0 aliphatic heterocycles. The molecule has 110 valence electrons. The van der Waals surface area contributed by atoms with Crippen LogP contribution in [0.2, 0.25) is 0 Å². The molecule has 1 atom stereocenters. The van der Waals surface area contributed by atoms with Crippen LogP contribution in [0.3, 0.4) is 0 Å². The van der Waals surface area contributed by atoms with Crippen LogP contribution in [0.25, 0.3) is 11.0 Å². The molecule has 1 unspecified atom stereocenters. The van der Waals surface area contributed by atoms with Crippen molar-refractivity contribution in [2.24, 2.45) is 12.9 Å². The molecule has 0 aliphatic rings. The average Bonchev–Trinajstić information content (AvgIpc) is 3.02. The summed E-state index contributed by atoms with van der Waals surface area (Å²) in [6.07, 6.45) is 2.68. The van der Waals surface area contributed by atoms with Gasteiger partial charge in [0.2, 0.25) is 0 Å². The van der Waals surface area contributed by atoms with Crippen LogP contribution in [0.1, 0.15) is 11.4 Å². The summed E-state index contributed by atoms with van der Waals surface area (Å²) in [5.74, 6) is 5.72. The van der Waals surface area contributed by atoms with Crippen LogP contribution in [0, 0.1) is 6.92 Å². The van der Waals surface area contributed by atoms with E-state index in [1.165, 1.54) is 5.69 Å². The maximum Gasteiger partial charge on any atom is 0.0958 e. The summed E-state index contributed by atoms with van der Waals surface area (Å²) in [7, 11) is 1.96. The highest BCUT2D eigenvalue weighted by Gasteiger charge is 2.13. The van der Waals surface area contributed by atoms with Crippen molar-refractivity contribution < 1.29 is 0 Å². The van der Waals surface area contributed by atoms with Gasteiger partial charge >= 0.3 is 0 Å². The van der Waals surface area contributed by atoms with Gasteiger partial charge < -0.3 is 4.57 Å². The molecule has 0 amide bonds. The monoisotopic (exact) mass is 284 g/mol. The average molecular weight is 284 g/mol. The number of para-hydroxylation sites is 2. The van der Waals surface area contributed by atoms with Crippen molar-refractivity contribution in [3.8, 4) is 0 Å². The number of nitrogens with two attached hydrogens (primary N) is 1. The van der Waals surface area contributed by atoms with Gasteiger partial charge in [-0.25, -0.2) is 4.98 Å². The molecule has 21 heavy (non-hydrogen) atoms. The Balaban J connectivity index is 1.79. The van der Waals surface area contributed by atoms with Gasteiger partial charge in [0.1, 0.15) is 0 Å². The van der Waals surface area contributed by atoms with E-state index in [0.29, 0.717) is 0 Å². The standard InChI is InChI=1S/C15H20N6/c1-11-7-13(20(2)19-11)8-12(18-16)9-21-10-17-14-5-3-4-6-15(14)21/h3-7,10,12,18H,8-9,16H2,1-2H3. The zero-order chi connectivity index (χ0) is 14.8. The van der Waals surface area contributed by atoms with E-state index in [4.69, 9.17) is 5.84 Å². The van der Waals surface area contributed by atoms with Crippen LogP contribution >= 0.6 is 0 Å². The summed E-state index contributed by atoms with van der Waals surface area (Å²) in [6, 6.07) is 10.3.